The highest BCUT2D eigenvalue weighted by molar-refractivity contribution is 7.91. The molecule has 0 radical (unpaired) electrons. The van der Waals surface area contributed by atoms with Crippen LogP contribution in [-0.2, 0) is 21.2 Å². The van der Waals surface area contributed by atoms with Gasteiger partial charge in [0.15, 0.2) is 9.84 Å². The zero-order chi connectivity index (χ0) is 28.4. The summed E-state index contributed by atoms with van der Waals surface area (Å²) in [6.07, 6.45) is 2.98. The van der Waals surface area contributed by atoms with E-state index in [1.807, 2.05) is 26.0 Å². The van der Waals surface area contributed by atoms with Gasteiger partial charge < -0.3 is 9.88 Å². The van der Waals surface area contributed by atoms with Crippen LogP contribution in [0.4, 0.5) is 10.3 Å². The Bertz CT molecular complexity index is 1480. The molecule has 2 aromatic carbocycles. The van der Waals surface area contributed by atoms with Crippen LogP contribution < -0.4 is 10.6 Å². The maximum absolute atomic E-state index is 13.4. The normalized spacial score (nSPS) is 21.4. The second-order valence-corrected chi connectivity index (χ2v) is 13.5. The van der Waals surface area contributed by atoms with Gasteiger partial charge in [0.25, 0.3) is 5.91 Å². The van der Waals surface area contributed by atoms with Crippen molar-refractivity contribution in [2.24, 2.45) is 5.92 Å². The van der Waals surface area contributed by atoms with Crippen molar-refractivity contribution in [1.29, 1.82) is 0 Å². The van der Waals surface area contributed by atoms with Crippen molar-refractivity contribution >= 4 is 38.6 Å². The summed E-state index contributed by atoms with van der Waals surface area (Å²) in [7, 11) is -2.96. The van der Waals surface area contributed by atoms with E-state index in [2.05, 4.69) is 26.2 Å². The summed E-state index contributed by atoms with van der Waals surface area (Å²) in [6, 6.07) is 11.5. The Morgan fingerprint density at radius 2 is 1.70 bits per heavy atom. The number of nitrogens with zero attached hydrogens (tertiary/aromatic N) is 3. The lowest BCUT2D eigenvalue weighted by atomic mass is 9.85. The van der Waals surface area contributed by atoms with Crippen molar-refractivity contribution in [3.63, 3.8) is 0 Å². The van der Waals surface area contributed by atoms with Gasteiger partial charge in [-0.2, -0.15) is 0 Å². The van der Waals surface area contributed by atoms with Crippen molar-refractivity contribution in [1.82, 2.24) is 19.8 Å². The fourth-order valence-corrected chi connectivity index (χ4v) is 6.91. The SMILES string of the molecule is CC(C)NC(=O)C1CCC(n2c(NC(=O)c3ccc(F)cc3)nc3ccc(CN4CCS(=O)(=O)CC4)cc32)CC1. The Hall–Kier alpha value is -3.31. The average molecular weight is 570 g/mol. The molecule has 0 unspecified atom stereocenters. The molecule has 1 aliphatic heterocycles. The van der Waals surface area contributed by atoms with Gasteiger partial charge >= 0.3 is 0 Å². The molecule has 2 heterocycles. The maximum atomic E-state index is 13.4. The number of fused-ring (bicyclic) bond motifs is 1. The molecule has 0 bridgehead atoms. The fourth-order valence-electron chi connectivity index (χ4n) is 5.63. The van der Waals surface area contributed by atoms with Crippen LogP contribution in [0.15, 0.2) is 42.5 Å². The number of rotatable bonds is 7. The van der Waals surface area contributed by atoms with Crippen LogP contribution in [0.5, 0.6) is 0 Å². The summed E-state index contributed by atoms with van der Waals surface area (Å²) < 4.78 is 39.2. The predicted molar refractivity (Wildman–Crippen MR) is 152 cm³/mol. The third-order valence-corrected chi connectivity index (χ3v) is 9.40. The molecule has 0 spiro atoms. The summed E-state index contributed by atoms with van der Waals surface area (Å²) in [5.41, 5.74) is 2.98. The number of benzene rings is 2. The molecule has 9 nitrogen and oxygen atoms in total. The zero-order valence-corrected chi connectivity index (χ0v) is 23.7. The van der Waals surface area contributed by atoms with Gasteiger partial charge in [0, 0.05) is 43.2 Å². The number of imidazole rings is 1. The molecule has 3 aromatic rings. The van der Waals surface area contributed by atoms with Crippen LogP contribution >= 0.6 is 0 Å². The quantitative estimate of drug-likeness (QED) is 0.446. The van der Waals surface area contributed by atoms with Gasteiger partial charge in [-0.1, -0.05) is 6.07 Å². The van der Waals surface area contributed by atoms with Crippen molar-refractivity contribution in [3.8, 4) is 0 Å². The van der Waals surface area contributed by atoms with E-state index in [0.29, 0.717) is 31.1 Å². The van der Waals surface area contributed by atoms with Crippen LogP contribution in [-0.4, -0.2) is 65.3 Å². The highest BCUT2D eigenvalue weighted by atomic mass is 32.2. The second-order valence-electron chi connectivity index (χ2n) is 11.2. The first-order valence-corrected chi connectivity index (χ1v) is 15.7. The van der Waals surface area contributed by atoms with E-state index < -0.39 is 15.7 Å². The molecular weight excluding hydrogens is 533 g/mol. The lowest BCUT2D eigenvalue weighted by Crippen LogP contribution is -2.39. The van der Waals surface area contributed by atoms with E-state index in [4.69, 9.17) is 4.98 Å². The van der Waals surface area contributed by atoms with Crippen molar-refractivity contribution in [3.05, 3.63) is 59.4 Å². The van der Waals surface area contributed by atoms with Crippen molar-refractivity contribution in [2.45, 2.75) is 58.2 Å². The first kappa shape index (κ1) is 28.2. The molecule has 1 aliphatic carbocycles. The summed E-state index contributed by atoms with van der Waals surface area (Å²) in [5.74, 6) is -0.00477. The number of carbonyl (C=O) groups is 2. The summed E-state index contributed by atoms with van der Waals surface area (Å²) >= 11 is 0. The number of hydrogen-bond acceptors (Lipinski definition) is 6. The number of amides is 2. The van der Waals surface area contributed by atoms with Crippen LogP contribution in [0.3, 0.4) is 0 Å². The first-order chi connectivity index (χ1) is 19.1. The second kappa shape index (κ2) is 11.7. The van der Waals surface area contributed by atoms with E-state index in [9.17, 15) is 22.4 Å². The Labute approximate surface area is 234 Å². The zero-order valence-electron chi connectivity index (χ0n) is 22.9. The van der Waals surface area contributed by atoms with E-state index >= 15 is 0 Å². The Kier molecular flexibility index (Phi) is 8.23. The highest BCUT2D eigenvalue weighted by Crippen LogP contribution is 2.37. The molecule has 40 heavy (non-hydrogen) atoms. The number of aromatic nitrogens is 2. The van der Waals surface area contributed by atoms with Gasteiger partial charge in [-0.25, -0.2) is 17.8 Å². The minimum absolute atomic E-state index is 0.0343. The molecule has 1 aromatic heterocycles. The third kappa shape index (κ3) is 6.52. The molecule has 2 fully saturated rings. The monoisotopic (exact) mass is 569 g/mol. The van der Waals surface area contributed by atoms with E-state index in [-0.39, 0.29) is 41.3 Å². The number of sulfone groups is 1. The maximum Gasteiger partial charge on any atom is 0.257 e. The number of halogens is 1. The first-order valence-electron chi connectivity index (χ1n) is 13.9. The van der Waals surface area contributed by atoms with Gasteiger partial charge in [0.05, 0.1) is 22.5 Å². The van der Waals surface area contributed by atoms with Crippen LogP contribution in [0.1, 0.15) is 61.5 Å². The van der Waals surface area contributed by atoms with Crippen LogP contribution in [0.25, 0.3) is 11.0 Å². The standard InChI is InChI=1S/C29H36FN5O4S/c1-19(2)31-27(36)22-6-10-24(11-7-22)35-26-17-20(18-34-13-15-40(38,39)16-14-34)3-12-25(26)32-29(35)33-28(37)21-4-8-23(30)9-5-21/h3-5,8-9,12,17,19,22,24H,6-7,10-11,13-16,18H2,1-2H3,(H,31,36)(H,32,33,37). The fraction of sp³-hybridized carbons (Fsp3) is 0.483. The van der Waals surface area contributed by atoms with E-state index in [1.165, 1.54) is 24.3 Å². The topological polar surface area (TPSA) is 113 Å². The molecule has 1 saturated carbocycles. The van der Waals surface area contributed by atoms with Gasteiger partial charge in [-0.05, 0) is 81.5 Å². The van der Waals surface area contributed by atoms with Gasteiger partial charge in [-0.3, -0.25) is 19.8 Å². The number of nitrogens with one attached hydrogen (secondary N) is 2. The average Bonchev–Trinajstić information content (AvgIpc) is 3.27. The summed E-state index contributed by atoms with van der Waals surface area (Å²) in [6.45, 7) is 5.54. The molecule has 2 aliphatic rings. The highest BCUT2D eigenvalue weighted by Gasteiger charge is 2.30. The number of hydrogen-bond donors (Lipinski definition) is 2. The third-order valence-electron chi connectivity index (χ3n) is 7.79. The van der Waals surface area contributed by atoms with E-state index in [0.717, 1.165) is 42.3 Å². The number of carbonyl (C=O) groups excluding carboxylic acids is 2. The van der Waals surface area contributed by atoms with Crippen molar-refractivity contribution in [2.75, 3.05) is 29.9 Å². The Balaban J connectivity index is 1.42. The molecule has 2 amide bonds. The predicted octanol–water partition coefficient (Wildman–Crippen LogP) is 3.91. The molecule has 11 heteroatoms. The van der Waals surface area contributed by atoms with Gasteiger partial charge in [0.2, 0.25) is 11.9 Å². The molecule has 0 atom stereocenters. The molecule has 1 saturated heterocycles. The minimum atomic E-state index is -2.96. The Morgan fingerprint density at radius 3 is 2.35 bits per heavy atom. The van der Waals surface area contributed by atoms with Gasteiger partial charge in [-0.15, -0.1) is 0 Å². The van der Waals surface area contributed by atoms with Crippen molar-refractivity contribution < 1.29 is 22.4 Å². The summed E-state index contributed by atoms with van der Waals surface area (Å²) in [4.78, 5) is 32.6. The molecule has 2 N–H and O–H groups in total. The smallest absolute Gasteiger partial charge is 0.257 e. The Morgan fingerprint density at radius 1 is 1.02 bits per heavy atom. The largest absolute Gasteiger partial charge is 0.354 e. The summed E-state index contributed by atoms with van der Waals surface area (Å²) in [5, 5.41) is 5.96. The van der Waals surface area contributed by atoms with E-state index in [1.54, 1.807) is 0 Å². The number of anilines is 1. The lowest BCUT2D eigenvalue weighted by molar-refractivity contribution is -0.126. The molecule has 5 rings (SSSR count). The molecular formula is C29H36FN5O4S. The minimum Gasteiger partial charge on any atom is -0.354 e. The lowest BCUT2D eigenvalue weighted by Gasteiger charge is -2.30. The van der Waals surface area contributed by atoms with Crippen LogP contribution in [0, 0.1) is 11.7 Å². The molecule has 214 valence electrons. The van der Waals surface area contributed by atoms with Gasteiger partial charge in [0.1, 0.15) is 5.82 Å². The van der Waals surface area contributed by atoms with Crippen LogP contribution in [0.2, 0.25) is 0 Å².